The van der Waals surface area contributed by atoms with E-state index in [4.69, 9.17) is 9.47 Å². The molecule has 0 atom stereocenters. The second-order valence-corrected chi connectivity index (χ2v) is 7.47. The molecule has 2 amide bonds. The van der Waals surface area contributed by atoms with Gasteiger partial charge in [-0.2, -0.15) is 0 Å². The van der Waals surface area contributed by atoms with Crippen molar-refractivity contribution >= 4 is 34.0 Å². The maximum atomic E-state index is 12.9. The molecule has 0 saturated carbocycles. The summed E-state index contributed by atoms with van der Waals surface area (Å²) in [6.45, 7) is -0.264. The maximum absolute atomic E-state index is 12.9. The summed E-state index contributed by atoms with van der Waals surface area (Å²) in [5.41, 5.74) is 2.29. The van der Waals surface area contributed by atoms with E-state index in [1.807, 2.05) is 24.3 Å². The van der Waals surface area contributed by atoms with Gasteiger partial charge in [-0.1, -0.05) is 23.3 Å². The number of methoxy groups -OCH3 is 1. The number of nitrogens with zero attached hydrogens (tertiary/aromatic N) is 4. The first kappa shape index (κ1) is 21.8. The molecule has 0 aliphatic heterocycles. The number of hydrogen-bond acceptors (Lipinski definition) is 9. The Bertz CT molecular complexity index is 1260. The number of pyridine rings is 2. The number of carbonyl (C=O) groups is 2. The predicted molar refractivity (Wildman–Crippen MR) is 122 cm³/mol. The van der Waals surface area contributed by atoms with Gasteiger partial charge < -0.3 is 14.8 Å². The standard InChI is InChI=1S/C22H18N6O4S/c1-31-18-7-3-2-6-15(18)17-12-24-10-8-16(17)20(30)26-21-27-28-22(33-21)32-13-19(29)25-14-5-4-9-23-11-14/h2-12H,13H2,1H3,(H,25,29)(H,26,27,30). The van der Waals surface area contributed by atoms with Gasteiger partial charge in [-0.25, -0.2) is 0 Å². The highest BCUT2D eigenvalue weighted by atomic mass is 32.1. The van der Waals surface area contributed by atoms with Crippen molar-refractivity contribution in [2.45, 2.75) is 0 Å². The Morgan fingerprint density at radius 3 is 2.61 bits per heavy atom. The molecule has 2 N–H and O–H groups in total. The minimum atomic E-state index is -0.393. The Labute approximate surface area is 192 Å². The molecule has 1 aromatic carbocycles. The second kappa shape index (κ2) is 10.3. The third-order valence-electron chi connectivity index (χ3n) is 4.36. The van der Waals surface area contributed by atoms with Crippen molar-refractivity contribution in [2.24, 2.45) is 0 Å². The Kier molecular flexibility index (Phi) is 6.81. The zero-order valence-electron chi connectivity index (χ0n) is 17.4. The maximum Gasteiger partial charge on any atom is 0.296 e. The molecule has 0 bridgehead atoms. The molecule has 0 spiro atoms. The Morgan fingerprint density at radius 1 is 0.939 bits per heavy atom. The molecule has 11 heteroatoms. The van der Waals surface area contributed by atoms with Gasteiger partial charge in [0.1, 0.15) is 5.75 Å². The summed E-state index contributed by atoms with van der Waals surface area (Å²) in [5.74, 6) is -0.145. The number of amides is 2. The number of ether oxygens (including phenoxy) is 2. The van der Waals surface area contributed by atoms with Crippen LogP contribution in [0.5, 0.6) is 10.9 Å². The number of hydrogen-bond donors (Lipinski definition) is 2. The molecule has 4 rings (SSSR count). The Balaban J connectivity index is 1.41. The largest absolute Gasteiger partial charge is 0.496 e. The van der Waals surface area contributed by atoms with E-state index in [9.17, 15) is 9.59 Å². The molecule has 3 aromatic heterocycles. The van der Waals surface area contributed by atoms with Gasteiger partial charge in [0.25, 0.3) is 17.0 Å². The molecule has 0 aliphatic rings. The predicted octanol–water partition coefficient (Wildman–Crippen LogP) is 3.27. The summed E-state index contributed by atoms with van der Waals surface area (Å²) >= 11 is 1.00. The fraction of sp³-hybridized carbons (Fsp3) is 0.0909. The van der Waals surface area contributed by atoms with Gasteiger partial charge in [-0.15, -0.1) is 5.10 Å². The molecule has 33 heavy (non-hydrogen) atoms. The monoisotopic (exact) mass is 462 g/mol. The lowest BCUT2D eigenvalue weighted by Crippen LogP contribution is -2.20. The number of benzene rings is 1. The van der Waals surface area contributed by atoms with Crippen molar-refractivity contribution in [3.8, 4) is 22.1 Å². The van der Waals surface area contributed by atoms with Crippen molar-refractivity contribution in [1.29, 1.82) is 0 Å². The molecule has 0 unspecified atom stereocenters. The van der Waals surface area contributed by atoms with Crippen LogP contribution in [0.4, 0.5) is 10.8 Å². The highest BCUT2D eigenvalue weighted by Crippen LogP contribution is 2.32. The molecule has 0 radical (unpaired) electrons. The fourth-order valence-electron chi connectivity index (χ4n) is 2.92. The van der Waals surface area contributed by atoms with Crippen LogP contribution >= 0.6 is 11.3 Å². The van der Waals surface area contributed by atoms with Gasteiger partial charge in [0, 0.05) is 29.7 Å². The smallest absolute Gasteiger partial charge is 0.296 e. The van der Waals surface area contributed by atoms with Gasteiger partial charge in [0.15, 0.2) is 6.61 Å². The topological polar surface area (TPSA) is 128 Å². The fourth-order valence-corrected chi connectivity index (χ4v) is 3.51. The second-order valence-electron chi connectivity index (χ2n) is 6.53. The van der Waals surface area contributed by atoms with Crippen LogP contribution in [0.2, 0.25) is 0 Å². The minimum Gasteiger partial charge on any atom is -0.496 e. The zero-order valence-corrected chi connectivity index (χ0v) is 18.2. The van der Waals surface area contributed by atoms with Crippen molar-refractivity contribution in [1.82, 2.24) is 20.2 Å². The highest BCUT2D eigenvalue weighted by molar-refractivity contribution is 7.17. The Hall–Kier alpha value is -4.38. The first-order valence-electron chi connectivity index (χ1n) is 9.69. The van der Waals surface area contributed by atoms with E-state index in [1.54, 1.807) is 37.7 Å². The summed E-state index contributed by atoms with van der Waals surface area (Å²) < 4.78 is 10.8. The van der Waals surface area contributed by atoms with Gasteiger partial charge in [-0.3, -0.25) is 24.9 Å². The highest BCUT2D eigenvalue weighted by Gasteiger charge is 2.18. The SMILES string of the molecule is COc1ccccc1-c1cnccc1C(=O)Nc1nnc(OCC(=O)Nc2cccnc2)s1. The number of para-hydroxylation sites is 1. The van der Waals surface area contributed by atoms with Crippen molar-refractivity contribution in [2.75, 3.05) is 24.4 Å². The summed E-state index contributed by atoms with van der Waals surface area (Å²) in [6.07, 6.45) is 6.26. The van der Waals surface area contributed by atoms with E-state index in [0.29, 0.717) is 22.6 Å². The average molecular weight is 462 g/mol. The molecule has 166 valence electrons. The van der Waals surface area contributed by atoms with E-state index >= 15 is 0 Å². The summed E-state index contributed by atoms with van der Waals surface area (Å²) in [6, 6.07) is 12.4. The minimum absolute atomic E-state index is 0.145. The van der Waals surface area contributed by atoms with Gasteiger partial charge >= 0.3 is 0 Å². The molecular weight excluding hydrogens is 444 g/mol. The van der Waals surface area contributed by atoms with Gasteiger partial charge in [0.05, 0.1) is 24.6 Å². The normalized spacial score (nSPS) is 10.3. The van der Waals surface area contributed by atoms with Crippen molar-refractivity contribution in [3.05, 3.63) is 72.8 Å². The molecule has 0 saturated heterocycles. The third-order valence-corrected chi connectivity index (χ3v) is 5.11. The number of carbonyl (C=O) groups excluding carboxylic acids is 2. The number of rotatable bonds is 8. The van der Waals surface area contributed by atoms with Gasteiger partial charge in [-0.05, 0) is 35.6 Å². The molecule has 3 heterocycles. The zero-order chi connectivity index (χ0) is 23.0. The van der Waals surface area contributed by atoms with Crippen molar-refractivity contribution in [3.63, 3.8) is 0 Å². The average Bonchev–Trinajstić information content (AvgIpc) is 3.30. The van der Waals surface area contributed by atoms with Crippen LogP contribution < -0.4 is 20.1 Å². The molecular formula is C22H18N6O4S. The van der Waals surface area contributed by atoms with E-state index < -0.39 is 5.91 Å². The molecule has 4 aromatic rings. The lowest BCUT2D eigenvalue weighted by Gasteiger charge is -2.11. The summed E-state index contributed by atoms with van der Waals surface area (Å²) in [5, 5.41) is 13.5. The lowest BCUT2D eigenvalue weighted by molar-refractivity contribution is -0.118. The summed E-state index contributed by atoms with van der Waals surface area (Å²) in [7, 11) is 1.56. The van der Waals surface area contributed by atoms with Crippen molar-refractivity contribution < 1.29 is 19.1 Å². The molecule has 0 fully saturated rings. The Morgan fingerprint density at radius 2 is 1.79 bits per heavy atom. The van der Waals surface area contributed by atoms with E-state index in [1.165, 1.54) is 12.4 Å². The van der Waals surface area contributed by atoms with E-state index in [0.717, 1.165) is 16.9 Å². The van der Waals surface area contributed by atoms with Crippen LogP contribution in [0, 0.1) is 0 Å². The van der Waals surface area contributed by atoms with E-state index in [-0.39, 0.29) is 22.8 Å². The quantitative estimate of drug-likeness (QED) is 0.408. The van der Waals surface area contributed by atoms with Gasteiger partial charge in [0.2, 0.25) is 5.13 Å². The first-order chi connectivity index (χ1) is 16.1. The van der Waals surface area contributed by atoms with Crippen LogP contribution in [0.15, 0.2) is 67.3 Å². The van der Waals surface area contributed by atoms with Crippen LogP contribution in [0.25, 0.3) is 11.1 Å². The third kappa shape index (κ3) is 5.46. The lowest BCUT2D eigenvalue weighted by atomic mass is 10.0. The van der Waals surface area contributed by atoms with Crippen LogP contribution in [-0.2, 0) is 4.79 Å². The number of nitrogens with one attached hydrogen (secondary N) is 2. The number of aromatic nitrogens is 4. The summed E-state index contributed by atoms with van der Waals surface area (Å²) in [4.78, 5) is 33.0. The first-order valence-corrected chi connectivity index (χ1v) is 10.5. The van der Waals surface area contributed by atoms with Crippen LogP contribution in [-0.4, -0.2) is 45.7 Å². The van der Waals surface area contributed by atoms with Crippen LogP contribution in [0.1, 0.15) is 10.4 Å². The van der Waals surface area contributed by atoms with Crippen LogP contribution in [0.3, 0.4) is 0 Å². The molecule has 0 aliphatic carbocycles. The van der Waals surface area contributed by atoms with E-state index in [2.05, 4.69) is 30.8 Å². The number of anilines is 2. The molecule has 10 nitrogen and oxygen atoms in total.